The first-order valence-electron chi connectivity index (χ1n) is 9.46. The second kappa shape index (κ2) is 9.65. The smallest absolute Gasteiger partial charge is 0.490 e. The lowest BCUT2D eigenvalue weighted by atomic mass is 10.2. The highest BCUT2D eigenvalue weighted by Gasteiger charge is 2.38. The highest BCUT2D eigenvalue weighted by molar-refractivity contribution is 5.73. The molecule has 0 radical (unpaired) electrons. The summed E-state index contributed by atoms with van der Waals surface area (Å²) in [5.41, 5.74) is 2.25. The average Bonchev–Trinajstić information content (AvgIpc) is 3.24. The molecule has 8 nitrogen and oxygen atoms in total. The van der Waals surface area contributed by atoms with Crippen molar-refractivity contribution >= 4 is 17.4 Å². The van der Waals surface area contributed by atoms with Crippen molar-refractivity contribution in [1.82, 2.24) is 19.3 Å². The largest absolute Gasteiger partial charge is 0.497 e. The maximum absolute atomic E-state index is 10.6. The number of rotatable bonds is 4. The lowest BCUT2D eigenvalue weighted by Crippen LogP contribution is -2.46. The third-order valence-electron chi connectivity index (χ3n) is 4.77. The van der Waals surface area contributed by atoms with Gasteiger partial charge in [-0.2, -0.15) is 13.2 Å². The van der Waals surface area contributed by atoms with Gasteiger partial charge in [0.1, 0.15) is 5.75 Å². The molecule has 1 aliphatic heterocycles. The van der Waals surface area contributed by atoms with Crippen LogP contribution in [0.4, 0.5) is 19.0 Å². The van der Waals surface area contributed by atoms with E-state index < -0.39 is 12.1 Å². The molecule has 0 bridgehead atoms. The lowest BCUT2D eigenvalue weighted by molar-refractivity contribution is -0.192. The Bertz CT molecular complexity index is 999. The molecule has 1 N–H and O–H groups in total. The van der Waals surface area contributed by atoms with E-state index in [0.29, 0.717) is 0 Å². The van der Waals surface area contributed by atoms with Crippen LogP contribution in [0.25, 0.3) is 5.65 Å². The van der Waals surface area contributed by atoms with Crippen LogP contribution in [0.3, 0.4) is 0 Å². The van der Waals surface area contributed by atoms with Gasteiger partial charge < -0.3 is 19.1 Å². The van der Waals surface area contributed by atoms with Crippen molar-refractivity contribution in [3.05, 3.63) is 54.6 Å². The SMILES string of the molecule is COc1ccc(CN2CCN(c3nccn4ccnc34)CC2)cc1.O=C(O)C(F)(F)F. The molecule has 166 valence electrons. The number of nitrogens with zero attached hydrogens (tertiary/aromatic N) is 5. The molecule has 31 heavy (non-hydrogen) atoms. The summed E-state index contributed by atoms with van der Waals surface area (Å²) in [6, 6.07) is 8.32. The zero-order valence-electron chi connectivity index (χ0n) is 16.8. The maximum atomic E-state index is 10.6. The number of ether oxygens (including phenoxy) is 1. The average molecular weight is 437 g/mol. The summed E-state index contributed by atoms with van der Waals surface area (Å²) in [5.74, 6) is -0.874. The predicted molar refractivity (Wildman–Crippen MR) is 107 cm³/mol. The summed E-state index contributed by atoms with van der Waals surface area (Å²) >= 11 is 0. The molecule has 3 heterocycles. The number of carbonyl (C=O) groups is 1. The summed E-state index contributed by atoms with van der Waals surface area (Å²) < 4.78 is 39.0. The van der Waals surface area contributed by atoms with Crippen LogP contribution in [-0.2, 0) is 11.3 Å². The standard InChI is InChI=1S/C18H21N5O.C2HF3O2/c1-24-16-4-2-15(3-5-16)14-21-10-12-23(13-11-21)18-17-19-6-8-22(17)9-7-20-18;3-2(4,5)1(6)7/h2-9H,10-14H2,1H3;(H,6,7). The summed E-state index contributed by atoms with van der Waals surface area (Å²) in [4.78, 5) is 22.7. The van der Waals surface area contributed by atoms with Gasteiger partial charge in [0.25, 0.3) is 0 Å². The molecular formula is C20H22F3N5O3. The molecule has 2 aromatic heterocycles. The highest BCUT2D eigenvalue weighted by Crippen LogP contribution is 2.20. The van der Waals surface area contributed by atoms with E-state index in [4.69, 9.17) is 14.6 Å². The first kappa shape index (κ1) is 22.3. The molecule has 1 fully saturated rings. The number of hydrogen-bond donors (Lipinski definition) is 1. The summed E-state index contributed by atoms with van der Waals surface area (Å²) in [6.45, 7) is 4.95. The van der Waals surface area contributed by atoms with Gasteiger partial charge in [0.2, 0.25) is 0 Å². The van der Waals surface area contributed by atoms with E-state index in [0.717, 1.165) is 49.9 Å². The lowest BCUT2D eigenvalue weighted by Gasteiger charge is -2.35. The Balaban J connectivity index is 0.000000339. The van der Waals surface area contributed by atoms with E-state index in [2.05, 4.69) is 31.9 Å². The van der Waals surface area contributed by atoms with Crippen LogP contribution in [0.2, 0.25) is 0 Å². The summed E-state index contributed by atoms with van der Waals surface area (Å²) in [7, 11) is 1.70. The van der Waals surface area contributed by atoms with Gasteiger partial charge in [-0.15, -0.1) is 0 Å². The number of methoxy groups -OCH3 is 1. The van der Waals surface area contributed by atoms with Crippen LogP contribution in [0.1, 0.15) is 5.56 Å². The minimum absolute atomic E-state index is 0.905. The number of alkyl halides is 3. The topological polar surface area (TPSA) is 83.2 Å². The Kier molecular flexibility index (Phi) is 6.95. The van der Waals surface area contributed by atoms with Crippen molar-refractivity contribution in [3.63, 3.8) is 0 Å². The Morgan fingerprint density at radius 3 is 2.19 bits per heavy atom. The molecule has 3 aromatic rings. The van der Waals surface area contributed by atoms with Crippen molar-refractivity contribution in [2.75, 3.05) is 38.2 Å². The zero-order valence-corrected chi connectivity index (χ0v) is 16.8. The van der Waals surface area contributed by atoms with Gasteiger partial charge >= 0.3 is 12.1 Å². The Hall–Kier alpha value is -3.34. The number of aliphatic carboxylic acids is 1. The van der Waals surface area contributed by atoms with Crippen molar-refractivity contribution in [1.29, 1.82) is 0 Å². The number of piperazine rings is 1. The Labute approximate surface area is 176 Å². The molecule has 1 saturated heterocycles. The van der Waals surface area contributed by atoms with Gasteiger partial charge in [-0.3, -0.25) is 4.90 Å². The predicted octanol–water partition coefficient (Wildman–Crippen LogP) is 2.69. The monoisotopic (exact) mass is 437 g/mol. The van der Waals surface area contributed by atoms with E-state index >= 15 is 0 Å². The van der Waals surface area contributed by atoms with Gasteiger partial charge in [-0.25, -0.2) is 14.8 Å². The van der Waals surface area contributed by atoms with Crippen LogP contribution in [0, 0.1) is 0 Å². The van der Waals surface area contributed by atoms with Gasteiger partial charge in [-0.05, 0) is 17.7 Å². The molecule has 0 saturated carbocycles. The maximum Gasteiger partial charge on any atom is 0.490 e. The van der Waals surface area contributed by atoms with E-state index in [1.165, 1.54) is 5.56 Å². The first-order valence-corrected chi connectivity index (χ1v) is 9.46. The number of halogens is 3. The van der Waals surface area contributed by atoms with Crippen molar-refractivity contribution in [2.24, 2.45) is 0 Å². The summed E-state index contributed by atoms with van der Waals surface area (Å²) in [5, 5.41) is 7.12. The second-order valence-corrected chi connectivity index (χ2v) is 6.82. The van der Waals surface area contributed by atoms with Crippen LogP contribution in [0.5, 0.6) is 5.75 Å². The summed E-state index contributed by atoms with van der Waals surface area (Å²) in [6.07, 6.45) is 2.47. The molecule has 0 spiro atoms. The molecule has 4 rings (SSSR count). The van der Waals surface area contributed by atoms with E-state index in [-0.39, 0.29) is 0 Å². The fourth-order valence-electron chi connectivity index (χ4n) is 3.17. The van der Waals surface area contributed by atoms with Gasteiger partial charge in [0.15, 0.2) is 11.5 Å². The van der Waals surface area contributed by atoms with E-state index in [9.17, 15) is 13.2 Å². The third kappa shape index (κ3) is 5.85. The first-order chi connectivity index (χ1) is 14.8. The van der Waals surface area contributed by atoms with Crippen LogP contribution in [-0.4, -0.2) is 69.8 Å². The normalized spacial score (nSPS) is 14.8. The van der Waals surface area contributed by atoms with Crippen molar-refractivity contribution in [2.45, 2.75) is 12.7 Å². The number of hydrogen-bond acceptors (Lipinski definition) is 6. The minimum Gasteiger partial charge on any atom is -0.497 e. The number of benzene rings is 1. The molecule has 1 aromatic carbocycles. The Morgan fingerprint density at radius 1 is 1.06 bits per heavy atom. The molecule has 0 atom stereocenters. The minimum atomic E-state index is -5.08. The van der Waals surface area contributed by atoms with Crippen LogP contribution < -0.4 is 9.64 Å². The second-order valence-electron chi connectivity index (χ2n) is 6.82. The van der Waals surface area contributed by atoms with Crippen molar-refractivity contribution < 1.29 is 27.8 Å². The Morgan fingerprint density at radius 2 is 1.65 bits per heavy atom. The van der Waals surface area contributed by atoms with E-state index in [1.54, 1.807) is 7.11 Å². The molecule has 0 amide bonds. The van der Waals surface area contributed by atoms with Crippen molar-refractivity contribution in [3.8, 4) is 5.75 Å². The molecule has 0 unspecified atom stereocenters. The highest BCUT2D eigenvalue weighted by atomic mass is 19.4. The molecular weight excluding hydrogens is 415 g/mol. The van der Waals surface area contributed by atoms with Crippen LogP contribution >= 0.6 is 0 Å². The number of fused-ring (bicyclic) bond motifs is 1. The third-order valence-corrected chi connectivity index (χ3v) is 4.77. The van der Waals surface area contributed by atoms with Crippen LogP contribution in [0.15, 0.2) is 49.1 Å². The number of anilines is 1. The molecule has 11 heteroatoms. The molecule has 1 aliphatic rings. The number of carboxylic acid groups (broad SMARTS) is 1. The molecule has 0 aliphatic carbocycles. The zero-order chi connectivity index (χ0) is 22.4. The van der Waals surface area contributed by atoms with Gasteiger partial charge in [-0.1, -0.05) is 12.1 Å². The number of aromatic nitrogens is 3. The number of carboxylic acids is 1. The number of imidazole rings is 1. The fraction of sp³-hybridized carbons (Fsp3) is 0.350. The quantitative estimate of drug-likeness (QED) is 0.672. The van der Waals surface area contributed by atoms with E-state index in [1.807, 2.05) is 41.3 Å². The fourth-order valence-corrected chi connectivity index (χ4v) is 3.17. The van der Waals surface area contributed by atoms with Gasteiger partial charge in [0.05, 0.1) is 7.11 Å². The van der Waals surface area contributed by atoms with Gasteiger partial charge in [0, 0.05) is 57.5 Å².